The number of carbonyl (C=O) groups excluding carboxylic acids is 1. The molecule has 0 aliphatic heterocycles. The molecule has 0 aromatic heterocycles. The van der Waals surface area contributed by atoms with Gasteiger partial charge in [-0.1, -0.05) is 30.3 Å². The van der Waals surface area contributed by atoms with Crippen LogP contribution in [0.15, 0.2) is 81.2 Å². The van der Waals surface area contributed by atoms with Crippen LogP contribution in [0.1, 0.15) is 11.1 Å². The lowest BCUT2D eigenvalue weighted by Crippen LogP contribution is -2.13. The third-order valence-electron chi connectivity index (χ3n) is 4.02. The maximum absolute atomic E-state index is 12.5. The first-order valence-corrected chi connectivity index (χ1v) is 11.5. The van der Waals surface area contributed by atoms with E-state index in [1.807, 2.05) is 48.5 Å². The summed E-state index contributed by atoms with van der Waals surface area (Å²) in [6, 6.07) is 22.8. The van der Waals surface area contributed by atoms with E-state index in [0.29, 0.717) is 23.6 Å². The average molecular weight is 638 g/mol. The number of nitrogens with zero attached hydrogens (tertiary/aromatic N) is 1. The molecule has 0 spiro atoms. The largest absolute Gasteiger partial charge is 0.487 e. The first-order valence-electron chi connectivity index (χ1n) is 8.81. The van der Waals surface area contributed by atoms with Crippen molar-refractivity contribution in [1.82, 2.24) is 0 Å². The van der Waals surface area contributed by atoms with Crippen molar-refractivity contribution in [2.24, 2.45) is 0 Å². The number of nitriles is 1. The van der Waals surface area contributed by atoms with Crippen LogP contribution in [-0.4, -0.2) is 5.91 Å². The lowest BCUT2D eigenvalue weighted by Gasteiger charge is -2.12. The molecule has 3 rings (SSSR count). The molecule has 4 nitrogen and oxygen atoms in total. The Morgan fingerprint density at radius 2 is 1.70 bits per heavy atom. The molecule has 0 fully saturated rings. The number of benzene rings is 3. The minimum atomic E-state index is -0.463. The number of ether oxygens (including phenoxy) is 1. The fourth-order valence-electron chi connectivity index (χ4n) is 2.58. The third kappa shape index (κ3) is 6.17. The number of nitrogens with one attached hydrogen (secondary N) is 1. The van der Waals surface area contributed by atoms with Crippen molar-refractivity contribution in [2.75, 3.05) is 5.32 Å². The molecule has 0 bridgehead atoms. The minimum Gasteiger partial charge on any atom is -0.487 e. The second-order valence-corrected chi connectivity index (χ2v) is 9.17. The smallest absolute Gasteiger partial charge is 0.266 e. The van der Waals surface area contributed by atoms with Gasteiger partial charge in [0.05, 0.1) is 8.95 Å². The van der Waals surface area contributed by atoms with E-state index in [1.54, 1.807) is 30.3 Å². The van der Waals surface area contributed by atoms with Gasteiger partial charge in [0, 0.05) is 9.26 Å². The number of anilines is 1. The first kappa shape index (κ1) is 22.5. The second kappa shape index (κ2) is 10.8. The Bertz CT molecular complexity index is 1100. The molecule has 0 heterocycles. The molecule has 0 radical (unpaired) electrons. The molecule has 30 heavy (non-hydrogen) atoms. The summed E-state index contributed by atoms with van der Waals surface area (Å²) < 4.78 is 8.41. The molecule has 3 aromatic carbocycles. The molecule has 0 aliphatic carbocycles. The van der Waals surface area contributed by atoms with Crippen molar-refractivity contribution >= 4 is 72.1 Å². The summed E-state index contributed by atoms with van der Waals surface area (Å²) >= 11 is 9.21. The van der Waals surface area contributed by atoms with E-state index in [-0.39, 0.29) is 5.57 Å². The van der Waals surface area contributed by atoms with Gasteiger partial charge < -0.3 is 10.1 Å². The van der Waals surface area contributed by atoms with Gasteiger partial charge in [0.15, 0.2) is 0 Å². The van der Waals surface area contributed by atoms with Gasteiger partial charge in [-0.3, -0.25) is 4.79 Å². The van der Waals surface area contributed by atoms with E-state index in [2.05, 4.69) is 59.8 Å². The fraction of sp³-hybridized carbons (Fsp3) is 0.0435. The monoisotopic (exact) mass is 636 g/mol. The van der Waals surface area contributed by atoms with Gasteiger partial charge in [0.1, 0.15) is 24.0 Å². The topological polar surface area (TPSA) is 62.1 Å². The number of hydrogen-bond donors (Lipinski definition) is 1. The van der Waals surface area contributed by atoms with Crippen LogP contribution in [0.4, 0.5) is 5.69 Å². The van der Waals surface area contributed by atoms with Crippen LogP contribution in [0, 0.1) is 14.9 Å². The molecule has 0 saturated carbocycles. The molecule has 3 aromatic rings. The Morgan fingerprint density at radius 1 is 1.07 bits per heavy atom. The summed E-state index contributed by atoms with van der Waals surface area (Å²) in [6.45, 7) is 0.426. The summed E-state index contributed by atoms with van der Waals surface area (Å²) in [5, 5.41) is 12.2. The van der Waals surface area contributed by atoms with Gasteiger partial charge in [-0.2, -0.15) is 5.26 Å². The maximum atomic E-state index is 12.5. The maximum Gasteiger partial charge on any atom is 0.266 e. The Labute approximate surface area is 205 Å². The molecular weight excluding hydrogens is 623 g/mol. The molecule has 0 saturated heterocycles. The van der Waals surface area contributed by atoms with Crippen molar-refractivity contribution in [1.29, 1.82) is 5.26 Å². The Kier molecular flexibility index (Phi) is 8.08. The lowest BCUT2D eigenvalue weighted by atomic mass is 10.1. The van der Waals surface area contributed by atoms with Crippen LogP contribution in [0.3, 0.4) is 0 Å². The Hall–Kier alpha value is -2.15. The predicted molar refractivity (Wildman–Crippen MR) is 134 cm³/mol. The lowest BCUT2D eigenvalue weighted by molar-refractivity contribution is -0.112. The number of rotatable bonds is 6. The van der Waals surface area contributed by atoms with E-state index >= 15 is 0 Å². The van der Waals surface area contributed by atoms with Crippen molar-refractivity contribution in [3.8, 4) is 11.8 Å². The van der Waals surface area contributed by atoms with Gasteiger partial charge >= 0.3 is 0 Å². The molecule has 0 aliphatic rings. The number of carbonyl (C=O) groups is 1. The molecule has 7 heteroatoms. The molecule has 1 amide bonds. The summed E-state index contributed by atoms with van der Waals surface area (Å²) in [7, 11) is 0. The molecular formula is C23H15Br2IN2O2. The molecule has 0 unspecified atom stereocenters. The quantitative estimate of drug-likeness (QED) is 0.181. The predicted octanol–water partition coefficient (Wildman–Crippen LogP) is 6.94. The van der Waals surface area contributed by atoms with Gasteiger partial charge in [-0.05, 0) is 108 Å². The van der Waals surface area contributed by atoms with E-state index in [1.165, 1.54) is 0 Å². The first-order chi connectivity index (χ1) is 14.5. The van der Waals surface area contributed by atoms with Gasteiger partial charge in [0.2, 0.25) is 0 Å². The highest BCUT2D eigenvalue weighted by atomic mass is 127. The Balaban J connectivity index is 1.76. The summed E-state index contributed by atoms with van der Waals surface area (Å²) in [5.74, 6) is 0.188. The van der Waals surface area contributed by atoms with Crippen molar-refractivity contribution in [2.45, 2.75) is 6.61 Å². The third-order valence-corrected chi connectivity index (χ3v) is 5.92. The normalized spacial score (nSPS) is 10.9. The minimum absolute atomic E-state index is 0.00491. The number of amides is 1. The summed E-state index contributed by atoms with van der Waals surface area (Å²) in [4.78, 5) is 12.5. The van der Waals surface area contributed by atoms with Crippen LogP contribution in [0.2, 0.25) is 0 Å². The zero-order valence-electron chi connectivity index (χ0n) is 15.5. The van der Waals surface area contributed by atoms with Crippen LogP contribution < -0.4 is 10.1 Å². The van der Waals surface area contributed by atoms with Gasteiger partial charge in [-0.15, -0.1) is 0 Å². The highest BCUT2D eigenvalue weighted by Crippen LogP contribution is 2.36. The van der Waals surface area contributed by atoms with E-state index in [4.69, 9.17) is 4.74 Å². The standard InChI is InChI=1S/C23H15Br2IN2O2/c24-20-11-16(12-21(25)22(20)30-14-15-4-2-1-3-5-15)10-17(13-27)23(29)28-19-8-6-18(26)7-9-19/h1-12H,14H2,(H,28,29)/b17-10-. The average Bonchev–Trinajstić information content (AvgIpc) is 2.73. The van der Waals surface area contributed by atoms with E-state index in [9.17, 15) is 10.1 Å². The van der Waals surface area contributed by atoms with Crippen LogP contribution in [0.25, 0.3) is 6.08 Å². The number of hydrogen-bond acceptors (Lipinski definition) is 3. The van der Waals surface area contributed by atoms with E-state index < -0.39 is 5.91 Å². The Morgan fingerprint density at radius 3 is 2.30 bits per heavy atom. The molecule has 150 valence electrons. The molecule has 0 atom stereocenters. The van der Waals surface area contributed by atoms with Gasteiger partial charge in [0.25, 0.3) is 5.91 Å². The van der Waals surface area contributed by atoms with Crippen LogP contribution in [-0.2, 0) is 11.4 Å². The molecule has 1 N–H and O–H groups in total. The zero-order chi connectivity index (χ0) is 21.5. The number of halogens is 3. The fourth-order valence-corrected chi connectivity index (χ4v) is 4.39. The zero-order valence-corrected chi connectivity index (χ0v) is 20.9. The summed E-state index contributed by atoms with van der Waals surface area (Å²) in [5.41, 5.74) is 2.38. The highest BCUT2D eigenvalue weighted by molar-refractivity contribution is 14.1. The van der Waals surface area contributed by atoms with Crippen molar-refractivity contribution < 1.29 is 9.53 Å². The second-order valence-electron chi connectivity index (χ2n) is 6.22. The van der Waals surface area contributed by atoms with Crippen molar-refractivity contribution in [3.05, 3.63) is 95.9 Å². The van der Waals surface area contributed by atoms with Crippen LogP contribution >= 0.6 is 54.5 Å². The highest BCUT2D eigenvalue weighted by Gasteiger charge is 2.13. The summed E-state index contributed by atoms with van der Waals surface area (Å²) in [6.07, 6.45) is 1.54. The van der Waals surface area contributed by atoms with Crippen LogP contribution in [0.5, 0.6) is 5.75 Å². The van der Waals surface area contributed by atoms with E-state index in [0.717, 1.165) is 18.1 Å². The SMILES string of the molecule is N#C/C(=C/c1cc(Br)c(OCc2ccccc2)c(Br)c1)C(=O)Nc1ccc(I)cc1. The van der Waals surface area contributed by atoms with Crippen molar-refractivity contribution in [3.63, 3.8) is 0 Å². The van der Waals surface area contributed by atoms with Gasteiger partial charge in [-0.25, -0.2) is 0 Å².